The molecule has 0 bridgehead atoms. The topological polar surface area (TPSA) is 83.1 Å². The summed E-state index contributed by atoms with van der Waals surface area (Å²) in [7, 11) is 0. The van der Waals surface area contributed by atoms with E-state index in [0.29, 0.717) is 0 Å². The van der Waals surface area contributed by atoms with E-state index < -0.39 is 0 Å². The lowest BCUT2D eigenvalue weighted by Gasteiger charge is -1.97. The lowest BCUT2D eigenvalue weighted by atomic mass is 10.1. The van der Waals surface area contributed by atoms with E-state index in [1.54, 1.807) is 24.8 Å². The molecule has 0 atom stereocenters. The second-order valence-electron chi connectivity index (χ2n) is 9.05. The largest absolute Gasteiger partial charge is 0.353 e. The second-order valence-corrected chi connectivity index (χ2v) is 9.05. The Balaban J connectivity index is 0.000000127. The molecule has 0 spiro atoms. The van der Waals surface area contributed by atoms with E-state index in [1.165, 1.54) is 10.8 Å². The fraction of sp³-hybridized carbons (Fsp3) is 0. The third-order valence-electron chi connectivity index (χ3n) is 6.72. The number of nitrogens with one attached hydrogen (secondary N) is 2. The maximum Gasteiger partial charge on any atom is 0.0942 e. The average Bonchev–Trinajstić information content (AvgIpc) is 3.64. The number of aromatic amines is 2. The fourth-order valence-corrected chi connectivity index (χ4v) is 4.85. The first-order valence-electron chi connectivity index (χ1n) is 12.4. The van der Waals surface area contributed by atoms with Crippen molar-refractivity contribution in [2.75, 3.05) is 0 Å². The van der Waals surface area contributed by atoms with Crippen molar-refractivity contribution in [3.05, 3.63) is 122 Å². The Bertz CT molecular complexity index is 1870. The summed E-state index contributed by atoms with van der Waals surface area (Å²) < 4.78 is 0. The molecule has 0 amide bonds. The quantitative estimate of drug-likeness (QED) is 0.262. The molecule has 2 N–H and O–H groups in total. The molecule has 0 radical (unpaired) electrons. The monoisotopic (exact) mass is 490 g/mol. The summed E-state index contributed by atoms with van der Waals surface area (Å²) in [6.45, 7) is 0. The van der Waals surface area contributed by atoms with Crippen molar-refractivity contribution >= 4 is 43.6 Å². The van der Waals surface area contributed by atoms with Gasteiger partial charge in [-0.05, 0) is 48.5 Å². The summed E-state index contributed by atoms with van der Waals surface area (Å²) >= 11 is 0. The van der Waals surface area contributed by atoms with Gasteiger partial charge in [0.1, 0.15) is 0 Å². The van der Waals surface area contributed by atoms with Crippen LogP contribution in [0.5, 0.6) is 0 Å². The van der Waals surface area contributed by atoms with Crippen LogP contribution in [-0.2, 0) is 0 Å². The lowest BCUT2D eigenvalue weighted by Crippen LogP contribution is -1.80. The number of benzene rings is 2. The van der Waals surface area contributed by atoms with E-state index in [4.69, 9.17) is 0 Å². The Morgan fingerprint density at radius 2 is 0.842 bits per heavy atom. The van der Waals surface area contributed by atoms with Gasteiger partial charge < -0.3 is 9.97 Å². The van der Waals surface area contributed by atoms with Crippen LogP contribution in [0.15, 0.2) is 122 Å². The van der Waals surface area contributed by atoms with Crippen LogP contribution in [0.1, 0.15) is 0 Å². The number of hydrogen-bond donors (Lipinski definition) is 2. The van der Waals surface area contributed by atoms with Gasteiger partial charge in [0.25, 0.3) is 0 Å². The summed E-state index contributed by atoms with van der Waals surface area (Å²) in [6, 6.07) is 28.8. The molecular weight excluding hydrogens is 468 g/mol. The Morgan fingerprint density at radius 1 is 0.421 bits per heavy atom. The zero-order valence-electron chi connectivity index (χ0n) is 20.3. The van der Waals surface area contributed by atoms with Crippen molar-refractivity contribution < 1.29 is 0 Å². The highest BCUT2D eigenvalue weighted by molar-refractivity contribution is 6.05. The lowest BCUT2D eigenvalue weighted by molar-refractivity contribution is 1.32. The molecule has 8 rings (SSSR count). The summed E-state index contributed by atoms with van der Waals surface area (Å²) in [5.74, 6) is 0. The zero-order valence-corrected chi connectivity index (χ0v) is 20.3. The van der Waals surface area contributed by atoms with Crippen LogP contribution in [0.25, 0.3) is 66.1 Å². The Kier molecular flexibility index (Phi) is 5.33. The molecule has 0 saturated heterocycles. The van der Waals surface area contributed by atoms with E-state index in [2.05, 4.69) is 78.4 Å². The van der Waals surface area contributed by atoms with Crippen molar-refractivity contribution in [3.63, 3.8) is 0 Å². The normalized spacial score (nSPS) is 11.2. The maximum atomic E-state index is 4.47. The first-order valence-corrected chi connectivity index (χ1v) is 12.4. The van der Waals surface area contributed by atoms with E-state index in [0.717, 1.165) is 55.4 Å². The average molecular weight is 491 g/mol. The van der Waals surface area contributed by atoms with Gasteiger partial charge in [-0.2, -0.15) is 0 Å². The van der Waals surface area contributed by atoms with Crippen molar-refractivity contribution in [1.29, 1.82) is 0 Å². The van der Waals surface area contributed by atoms with Crippen LogP contribution in [0.2, 0.25) is 0 Å². The van der Waals surface area contributed by atoms with Gasteiger partial charge in [0.15, 0.2) is 0 Å². The van der Waals surface area contributed by atoms with Gasteiger partial charge in [-0.1, -0.05) is 36.4 Å². The summed E-state index contributed by atoms with van der Waals surface area (Å²) in [4.78, 5) is 24.0. The molecule has 38 heavy (non-hydrogen) atoms. The van der Waals surface area contributed by atoms with Crippen molar-refractivity contribution in [2.24, 2.45) is 0 Å². The van der Waals surface area contributed by atoms with Gasteiger partial charge >= 0.3 is 0 Å². The molecule has 0 aliphatic heterocycles. The highest BCUT2D eigenvalue weighted by Crippen LogP contribution is 2.29. The number of nitrogens with zero attached hydrogens (tertiary/aromatic N) is 4. The first-order chi connectivity index (χ1) is 18.8. The Morgan fingerprint density at radius 3 is 1.29 bits per heavy atom. The minimum atomic E-state index is 1.01. The van der Waals surface area contributed by atoms with Crippen molar-refractivity contribution in [3.8, 4) is 22.5 Å². The van der Waals surface area contributed by atoms with E-state index in [1.807, 2.05) is 48.8 Å². The predicted octanol–water partition coefficient (Wildman–Crippen LogP) is 7.56. The number of H-pyrrole nitrogens is 2. The van der Waals surface area contributed by atoms with E-state index in [9.17, 15) is 0 Å². The van der Waals surface area contributed by atoms with Crippen LogP contribution in [-0.4, -0.2) is 29.9 Å². The SMILES string of the molecule is c1cnc2c(c1)ccc1cc(-c3ccncc3)[nH]c12.c1cnc2c(c1)ccc1cc(-c3ccncc3)[nH]c12. The maximum absolute atomic E-state index is 4.47. The highest BCUT2D eigenvalue weighted by Gasteiger charge is 2.08. The fourth-order valence-electron chi connectivity index (χ4n) is 4.85. The van der Waals surface area contributed by atoms with Gasteiger partial charge in [-0.3, -0.25) is 19.9 Å². The van der Waals surface area contributed by atoms with Gasteiger partial charge in [-0.15, -0.1) is 0 Å². The van der Waals surface area contributed by atoms with Gasteiger partial charge in [0, 0.05) is 81.2 Å². The molecule has 0 aliphatic rings. The molecule has 2 aromatic carbocycles. The second kappa shape index (κ2) is 9.26. The number of hydrogen-bond acceptors (Lipinski definition) is 4. The number of pyridine rings is 4. The van der Waals surface area contributed by atoms with Gasteiger partial charge in [0.2, 0.25) is 0 Å². The smallest absolute Gasteiger partial charge is 0.0942 e. The molecule has 0 saturated carbocycles. The standard InChI is InChI=1S/2C16H11N3/c2*1-2-12-3-4-13-10-14(11-5-8-17-9-6-11)19-16(13)15(12)18-7-1/h2*1-10,19H. The molecule has 0 fully saturated rings. The molecule has 8 aromatic rings. The molecule has 180 valence electrons. The highest BCUT2D eigenvalue weighted by atomic mass is 14.8. The minimum absolute atomic E-state index is 1.01. The van der Waals surface area contributed by atoms with Crippen LogP contribution < -0.4 is 0 Å². The molecule has 6 heterocycles. The third kappa shape index (κ3) is 3.94. The van der Waals surface area contributed by atoms with Crippen LogP contribution in [0.3, 0.4) is 0 Å². The predicted molar refractivity (Wildman–Crippen MR) is 154 cm³/mol. The Hall–Kier alpha value is -5.36. The minimum Gasteiger partial charge on any atom is -0.353 e. The third-order valence-corrected chi connectivity index (χ3v) is 6.72. The van der Waals surface area contributed by atoms with Gasteiger partial charge in [0.05, 0.1) is 22.1 Å². The Labute approximate surface area is 218 Å². The molecule has 6 nitrogen and oxygen atoms in total. The number of aromatic nitrogens is 6. The summed E-state index contributed by atoms with van der Waals surface area (Å²) in [6.07, 6.45) is 10.9. The van der Waals surface area contributed by atoms with Crippen molar-refractivity contribution in [2.45, 2.75) is 0 Å². The first kappa shape index (κ1) is 21.9. The molecule has 6 aromatic heterocycles. The van der Waals surface area contributed by atoms with E-state index >= 15 is 0 Å². The van der Waals surface area contributed by atoms with Crippen molar-refractivity contribution in [1.82, 2.24) is 29.9 Å². The number of fused-ring (bicyclic) bond motifs is 6. The number of rotatable bonds is 2. The summed E-state index contributed by atoms with van der Waals surface area (Å²) in [5, 5.41) is 4.66. The van der Waals surface area contributed by atoms with Crippen LogP contribution in [0, 0.1) is 0 Å². The molecule has 0 unspecified atom stereocenters. The molecule has 0 aliphatic carbocycles. The van der Waals surface area contributed by atoms with Crippen LogP contribution >= 0.6 is 0 Å². The van der Waals surface area contributed by atoms with E-state index in [-0.39, 0.29) is 0 Å². The van der Waals surface area contributed by atoms with Crippen LogP contribution in [0.4, 0.5) is 0 Å². The zero-order chi connectivity index (χ0) is 25.3. The summed E-state index contributed by atoms with van der Waals surface area (Å²) in [5.41, 5.74) is 8.66. The van der Waals surface area contributed by atoms with Gasteiger partial charge in [-0.25, -0.2) is 0 Å². The molecular formula is C32H22N6. The molecule has 6 heteroatoms.